The topological polar surface area (TPSA) is 67.9 Å². The average molecular weight is 455 g/mol. The van der Waals surface area contributed by atoms with Crippen LogP contribution in [0.4, 0.5) is 5.69 Å². The number of nitrogens with one attached hydrogen (secondary N) is 1. The number of carbonyl (C=O) groups is 2. The lowest BCUT2D eigenvalue weighted by atomic mass is 10.2. The zero-order valence-electron chi connectivity index (χ0n) is 17.0. The van der Waals surface area contributed by atoms with Gasteiger partial charge in [0.25, 0.3) is 11.8 Å². The van der Waals surface area contributed by atoms with Crippen molar-refractivity contribution in [3.8, 4) is 11.5 Å². The van der Waals surface area contributed by atoms with Gasteiger partial charge in [-0.25, -0.2) is 0 Å². The smallest absolute Gasteiger partial charge is 0.266 e. The van der Waals surface area contributed by atoms with E-state index in [-0.39, 0.29) is 18.4 Å². The molecule has 2 amide bonds. The molecule has 1 aliphatic rings. The molecule has 2 aromatic rings. The minimum atomic E-state index is -0.265. The number of ether oxygens (including phenoxy) is 2. The molecule has 160 valence electrons. The maximum atomic E-state index is 12.4. The summed E-state index contributed by atoms with van der Waals surface area (Å²) in [6.45, 7) is 6.43. The Balaban J connectivity index is 1.52. The maximum absolute atomic E-state index is 12.4. The minimum absolute atomic E-state index is 0.118. The van der Waals surface area contributed by atoms with Crippen molar-refractivity contribution in [1.82, 2.24) is 4.90 Å². The third kappa shape index (κ3) is 6.19. The van der Waals surface area contributed by atoms with E-state index < -0.39 is 0 Å². The standard InChI is InChI=1S/C23H22N2O4S2/c1-3-13-25-22(27)20(31-23(25)30)14-16-5-9-19(10-6-16)29-15-21(26)24-17-7-11-18(12-8-17)28-4-2/h3,5-12,14H,1,4,13,15H2,2H3,(H,24,26)/b20-14-. The number of anilines is 1. The maximum Gasteiger partial charge on any atom is 0.266 e. The van der Waals surface area contributed by atoms with Crippen LogP contribution in [0.2, 0.25) is 0 Å². The number of rotatable bonds is 9. The molecule has 0 atom stereocenters. The van der Waals surface area contributed by atoms with E-state index in [4.69, 9.17) is 21.7 Å². The van der Waals surface area contributed by atoms with Crippen molar-refractivity contribution in [2.75, 3.05) is 25.1 Å². The van der Waals surface area contributed by atoms with Gasteiger partial charge in [0.15, 0.2) is 6.61 Å². The molecule has 3 rings (SSSR count). The molecular weight excluding hydrogens is 432 g/mol. The monoisotopic (exact) mass is 454 g/mol. The second-order valence-electron chi connectivity index (χ2n) is 6.44. The summed E-state index contributed by atoms with van der Waals surface area (Å²) in [6.07, 6.45) is 3.43. The summed E-state index contributed by atoms with van der Waals surface area (Å²) < 4.78 is 11.4. The Labute approximate surface area is 190 Å². The zero-order chi connectivity index (χ0) is 22.2. The van der Waals surface area contributed by atoms with E-state index in [1.54, 1.807) is 48.6 Å². The number of hydrogen-bond acceptors (Lipinski definition) is 6. The summed E-state index contributed by atoms with van der Waals surface area (Å²) in [7, 11) is 0. The fraction of sp³-hybridized carbons (Fsp3) is 0.174. The number of amides is 2. The number of thioether (sulfide) groups is 1. The lowest BCUT2D eigenvalue weighted by molar-refractivity contribution is -0.121. The third-order valence-electron chi connectivity index (χ3n) is 4.18. The molecule has 1 aliphatic heterocycles. The first-order chi connectivity index (χ1) is 15.0. The molecule has 1 saturated heterocycles. The molecule has 0 radical (unpaired) electrons. The quantitative estimate of drug-likeness (QED) is 0.342. The van der Waals surface area contributed by atoms with Crippen molar-refractivity contribution >= 4 is 51.9 Å². The molecule has 1 heterocycles. The predicted octanol–water partition coefficient (Wildman–Crippen LogP) is 4.49. The van der Waals surface area contributed by atoms with E-state index >= 15 is 0 Å². The van der Waals surface area contributed by atoms with E-state index in [1.165, 1.54) is 16.7 Å². The molecule has 0 unspecified atom stereocenters. The molecule has 8 heteroatoms. The van der Waals surface area contributed by atoms with Crippen LogP contribution >= 0.6 is 24.0 Å². The summed E-state index contributed by atoms with van der Waals surface area (Å²) in [5.74, 6) is 0.915. The van der Waals surface area contributed by atoms with Gasteiger partial charge in [-0.2, -0.15) is 0 Å². The molecule has 0 saturated carbocycles. The average Bonchev–Trinajstić information content (AvgIpc) is 3.02. The van der Waals surface area contributed by atoms with Crippen LogP contribution in [0.1, 0.15) is 12.5 Å². The van der Waals surface area contributed by atoms with Crippen molar-refractivity contribution in [2.24, 2.45) is 0 Å². The number of hydrogen-bond donors (Lipinski definition) is 1. The summed E-state index contributed by atoms with van der Waals surface area (Å²) in [5, 5.41) is 2.77. The highest BCUT2D eigenvalue weighted by Gasteiger charge is 2.30. The van der Waals surface area contributed by atoms with Crippen LogP contribution in [-0.2, 0) is 9.59 Å². The second-order valence-corrected chi connectivity index (χ2v) is 8.12. The molecule has 2 aromatic carbocycles. The van der Waals surface area contributed by atoms with Gasteiger partial charge in [0, 0.05) is 12.2 Å². The first kappa shape index (κ1) is 22.6. The summed E-state index contributed by atoms with van der Waals surface area (Å²) in [6, 6.07) is 14.3. The Hall–Kier alpha value is -3.10. The van der Waals surface area contributed by atoms with Gasteiger partial charge in [-0.15, -0.1) is 6.58 Å². The van der Waals surface area contributed by atoms with Crippen LogP contribution in [0.5, 0.6) is 11.5 Å². The Morgan fingerprint density at radius 3 is 2.42 bits per heavy atom. The highest BCUT2D eigenvalue weighted by molar-refractivity contribution is 8.26. The molecule has 6 nitrogen and oxygen atoms in total. The van der Waals surface area contributed by atoms with E-state index in [9.17, 15) is 9.59 Å². The molecule has 31 heavy (non-hydrogen) atoms. The summed E-state index contributed by atoms with van der Waals surface area (Å²) in [4.78, 5) is 26.6. The summed E-state index contributed by atoms with van der Waals surface area (Å²) in [5.41, 5.74) is 1.51. The number of carbonyl (C=O) groups excluding carboxylic acids is 2. The van der Waals surface area contributed by atoms with Gasteiger partial charge in [0.1, 0.15) is 15.8 Å². The van der Waals surface area contributed by atoms with Gasteiger partial charge in [-0.3, -0.25) is 14.5 Å². The van der Waals surface area contributed by atoms with Gasteiger partial charge in [-0.05, 0) is 55.0 Å². The van der Waals surface area contributed by atoms with Crippen LogP contribution in [0.15, 0.2) is 66.1 Å². The van der Waals surface area contributed by atoms with Crippen LogP contribution in [-0.4, -0.2) is 40.8 Å². The van der Waals surface area contributed by atoms with E-state index in [2.05, 4.69) is 11.9 Å². The van der Waals surface area contributed by atoms with Crippen LogP contribution in [0.3, 0.4) is 0 Å². The molecule has 0 aromatic heterocycles. The Morgan fingerprint density at radius 1 is 1.13 bits per heavy atom. The van der Waals surface area contributed by atoms with Crippen molar-refractivity contribution < 1.29 is 19.1 Å². The van der Waals surface area contributed by atoms with E-state index in [0.29, 0.717) is 33.8 Å². The Morgan fingerprint density at radius 2 is 1.77 bits per heavy atom. The third-order valence-corrected chi connectivity index (χ3v) is 5.56. The van der Waals surface area contributed by atoms with Gasteiger partial charge in [-0.1, -0.05) is 42.2 Å². The molecule has 0 bridgehead atoms. The van der Waals surface area contributed by atoms with Crippen molar-refractivity contribution in [3.05, 3.63) is 71.7 Å². The first-order valence-electron chi connectivity index (χ1n) is 9.62. The number of thiocarbonyl (C=S) groups is 1. The molecule has 0 spiro atoms. The SMILES string of the molecule is C=CCN1C(=O)/C(=C/c2ccc(OCC(=O)Nc3ccc(OCC)cc3)cc2)SC1=S. The van der Waals surface area contributed by atoms with Crippen LogP contribution in [0.25, 0.3) is 6.08 Å². The minimum Gasteiger partial charge on any atom is -0.494 e. The van der Waals surface area contributed by atoms with Gasteiger partial charge >= 0.3 is 0 Å². The largest absolute Gasteiger partial charge is 0.494 e. The second kappa shape index (κ2) is 10.8. The predicted molar refractivity (Wildman–Crippen MR) is 128 cm³/mol. The first-order valence-corrected chi connectivity index (χ1v) is 10.8. The number of benzene rings is 2. The normalized spacial score (nSPS) is 14.6. The fourth-order valence-electron chi connectivity index (χ4n) is 2.75. The van der Waals surface area contributed by atoms with Crippen LogP contribution in [0, 0.1) is 0 Å². The van der Waals surface area contributed by atoms with Crippen molar-refractivity contribution in [3.63, 3.8) is 0 Å². The van der Waals surface area contributed by atoms with Gasteiger partial charge in [0.05, 0.1) is 11.5 Å². The van der Waals surface area contributed by atoms with Crippen LogP contribution < -0.4 is 14.8 Å². The Bertz CT molecular complexity index is 1000. The van der Waals surface area contributed by atoms with E-state index in [0.717, 1.165) is 11.3 Å². The van der Waals surface area contributed by atoms with Crippen molar-refractivity contribution in [1.29, 1.82) is 0 Å². The fourth-order valence-corrected chi connectivity index (χ4v) is 4.02. The van der Waals surface area contributed by atoms with Gasteiger partial charge < -0.3 is 14.8 Å². The molecule has 1 N–H and O–H groups in total. The lowest BCUT2D eigenvalue weighted by Gasteiger charge is -2.10. The highest BCUT2D eigenvalue weighted by atomic mass is 32.2. The molecule has 1 fully saturated rings. The van der Waals surface area contributed by atoms with Crippen molar-refractivity contribution in [2.45, 2.75) is 6.92 Å². The Kier molecular flexibility index (Phi) is 7.86. The zero-order valence-corrected chi connectivity index (χ0v) is 18.6. The lowest BCUT2D eigenvalue weighted by Crippen LogP contribution is -2.27. The van der Waals surface area contributed by atoms with E-state index in [1.807, 2.05) is 19.1 Å². The molecule has 0 aliphatic carbocycles. The molecular formula is C23H22N2O4S2. The number of nitrogens with zero attached hydrogens (tertiary/aromatic N) is 1. The van der Waals surface area contributed by atoms with Gasteiger partial charge in [0.2, 0.25) is 0 Å². The highest BCUT2D eigenvalue weighted by Crippen LogP contribution is 2.32. The summed E-state index contributed by atoms with van der Waals surface area (Å²) >= 11 is 6.50.